The fourth-order valence-electron chi connectivity index (χ4n) is 2.20. The van der Waals surface area contributed by atoms with Gasteiger partial charge in [0.05, 0.1) is 11.8 Å². The van der Waals surface area contributed by atoms with Crippen LogP contribution in [0.2, 0.25) is 0 Å². The zero-order valence-electron chi connectivity index (χ0n) is 11.4. The van der Waals surface area contributed by atoms with Crippen LogP contribution in [-0.4, -0.2) is 44.0 Å². The van der Waals surface area contributed by atoms with Crippen molar-refractivity contribution in [2.75, 3.05) is 43.4 Å². The van der Waals surface area contributed by atoms with Gasteiger partial charge in [-0.3, -0.25) is 4.79 Å². The molecular formula is C14H17FN4O. The van der Waals surface area contributed by atoms with Crippen LogP contribution in [0.25, 0.3) is 0 Å². The van der Waals surface area contributed by atoms with Crippen molar-refractivity contribution in [2.24, 2.45) is 0 Å². The Bertz CT molecular complexity index is 532. The van der Waals surface area contributed by atoms with Gasteiger partial charge in [-0.25, -0.2) is 4.39 Å². The molecule has 6 heteroatoms. The molecule has 0 spiro atoms. The van der Waals surface area contributed by atoms with Crippen LogP contribution in [0.3, 0.4) is 0 Å². The van der Waals surface area contributed by atoms with E-state index in [1.807, 2.05) is 11.9 Å². The minimum absolute atomic E-state index is 0.164. The molecule has 0 atom stereocenters. The first-order valence-electron chi connectivity index (χ1n) is 6.50. The fourth-order valence-corrected chi connectivity index (χ4v) is 2.20. The van der Waals surface area contributed by atoms with E-state index in [0.717, 1.165) is 26.2 Å². The number of nitrogens with zero attached hydrogens (tertiary/aromatic N) is 3. The highest BCUT2D eigenvalue weighted by Gasteiger charge is 2.20. The molecule has 1 aromatic rings. The van der Waals surface area contributed by atoms with E-state index in [1.165, 1.54) is 6.07 Å². The monoisotopic (exact) mass is 276 g/mol. The van der Waals surface area contributed by atoms with Crippen LogP contribution in [0.1, 0.15) is 6.42 Å². The molecule has 20 heavy (non-hydrogen) atoms. The highest BCUT2D eigenvalue weighted by molar-refractivity contribution is 5.95. The summed E-state index contributed by atoms with van der Waals surface area (Å²) in [6.07, 6.45) is -0.281. The number of para-hydroxylation sites is 1. The number of carbonyl (C=O) groups excluding carboxylic acids is 1. The van der Waals surface area contributed by atoms with E-state index in [0.29, 0.717) is 5.69 Å². The Hall–Kier alpha value is -2.13. The SMILES string of the molecule is CN1CCN(c2cccc(F)c2NC(=O)CC#N)CC1. The molecule has 1 aliphatic rings. The fraction of sp³-hybridized carbons (Fsp3) is 0.429. The summed E-state index contributed by atoms with van der Waals surface area (Å²) in [5.41, 5.74) is 0.835. The first-order valence-corrected chi connectivity index (χ1v) is 6.50. The van der Waals surface area contributed by atoms with E-state index in [2.05, 4.69) is 10.2 Å². The van der Waals surface area contributed by atoms with Crippen molar-refractivity contribution in [3.8, 4) is 6.07 Å². The average Bonchev–Trinajstić information content (AvgIpc) is 2.42. The zero-order valence-corrected chi connectivity index (χ0v) is 11.4. The van der Waals surface area contributed by atoms with Crippen LogP contribution in [0.4, 0.5) is 15.8 Å². The lowest BCUT2D eigenvalue weighted by Crippen LogP contribution is -2.44. The molecule has 2 rings (SSSR count). The number of hydrogen-bond donors (Lipinski definition) is 1. The second kappa shape index (κ2) is 6.35. The number of carbonyl (C=O) groups is 1. The molecule has 0 aliphatic carbocycles. The summed E-state index contributed by atoms with van der Waals surface area (Å²) < 4.78 is 13.9. The molecule has 1 saturated heterocycles. The molecule has 0 radical (unpaired) electrons. The predicted molar refractivity (Wildman–Crippen MR) is 75.0 cm³/mol. The third-order valence-corrected chi connectivity index (χ3v) is 3.34. The van der Waals surface area contributed by atoms with Gasteiger partial charge in [-0.2, -0.15) is 5.26 Å². The summed E-state index contributed by atoms with van der Waals surface area (Å²) in [4.78, 5) is 15.8. The molecule has 0 unspecified atom stereocenters. The quantitative estimate of drug-likeness (QED) is 0.907. The Labute approximate surface area is 117 Å². The first-order chi connectivity index (χ1) is 9.61. The lowest BCUT2D eigenvalue weighted by Gasteiger charge is -2.35. The van der Waals surface area contributed by atoms with Gasteiger partial charge in [-0.15, -0.1) is 0 Å². The van der Waals surface area contributed by atoms with Crippen molar-refractivity contribution in [3.63, 3.8) is 0 Å². The van der Waals surface area contributed by atoms with Crippen molar-refractivity contribution in [1.82, 2.24) is 4.90 Å². The van der Waals surface area contributed by atoms with Gasteiger partial charge in [0.2, 0.25) is 5.91 Å². The molecule has 0 aromatic heterocycles. The van der Waals surface area contributed by atoms with Gasteiger partial charge in [0, 0.05) is 26.2 Å². The molecule has 1 amide bonds. The molecule has 1 aliphatic heterocycles. The zero-order chi connectivity index (χ0) is 14.5. The highest BCUT2D eigenvalue weighted by Crippen LogP contribution is 2.29. The number of anilines is 2. The van der Waals surface area contributed by atoms with Crippen molar-refractivity contribution in [2.45, 2.75) is 6.42 Å². The van der Waals surface area contributed by atoms with Crippen LogP contribution < -0.4 is 10.2 Å². The van der Waals surface area contributed by atoms with E-state index < -0.39 is 11.7 Å². The summed E-state index contributed by atoms with van der Waals surface area (Å²) in [7, 11) is 2.04. The van der Waals surface area contributed by atoms with Gasteiger partial charge >= 0.3 is 0 Å². The normalized spacial score (nSPS) is 15.8. The minimum Gasteiger partial charge on any atom is -0.367 e. The van der Waals surface area contributed by atoms with E-state index in [-0.39, 0.29) is 12.1 Å². The number of nitriles is 1. The number of likely N-dealkylation sites (N-methyl/N-ethyl adjacent to an activating group) is 1. The van der Waals surface area contributed by atoms with Crippen LogP contribution in [0.15, 0.2) is 18.2 Å². The van der Waals surface area contributed by atoms with Crippen molar-refractivity contribution >= 4 is 17.3 Å². The second-order valence-corrected chi connectivity index (χ2v) is 4.81. The third kappa shape index (κ3) is 3.25. The first kappa shape index (κ1) is 14.3. The lowest BCUT2D eigenvalue weighted by molar-refractivity contribution is -0.115. The molecule has 106 valence electrons. The Balaban J connectivity index is 2.22. The minimum atomic E-state index is -0.493. The number of halogens is 1. The molecule has 5 nitrogen and oxygen atoms in total. The van der Waals surface area contributed by atoms with Crippen LogP contribution in [0.5, 0.6) is 0 Å². The summed E-state index contributed by atoms with van der Waals surface area (Å²) in [6.45, 7) is 3.34. The van der Waals surface area contributed by atoms with Crippen molar-refractivity contribution < 1.29 is 9.18 Å². The van der Waals surface area contributed by atoms with E-state index in [9.17, 15) is 9.18 Å². The van der Waals surface area contributed by atoms with Crippen LogP contribution >= 0.6 is 0 Å². The summed E-state index contributed by atoms with van der Waals surface area (Å²) >= 11 is 0. The molecular weight excluding hydrogens is 259 g/mol. The van der Waals surface area contributed by atoms with Crippen LogP contribution in [0, 0.1) is 17.1 Å². The van der Waals surface area contributed by atoms with Gasteiger partial charge in [0.15, 0.2) is 0 Å². The Morgan fingerprint density at radius 1 is 1.40 bits per heavy atom. The molecule has 1 heterocycles. The number of rotatable bonds is 3. The maximum absolute atomic E-state index is 13.9. The maximum Gasteiger partial charge on any atom is 0.238 e. The maximum atomic E-state index is 13.9. The number of hydrogen-bond acceptors (Lipinski definition) is 4. The smallest absolute Gasteiger partial charge is 0.238 e. The van der Waals surface area contributed by atoms with E-state index in [1.54, 1.807) is 18.2 Å². The molecule has 1 N–H and O–H groups in total. The third-order valence-electron chi connectivity index (χ3n) is 3.34. The number of benzene rings is 1. The van der Waals surface area contributed by atoms with Gasteiger partial charge < -0.3 is 15.1 Å². The van der Waals surface area contributed by atoms with Crippen LogP contribution in [-0.2, 0) is 4.79 Å². The average molecular weight is 276 g/mol. The van der Waals surface area contributed by atoms with Gasteiger partial charge in [-0.1, -0.05) is 6.07 Å². The van der Waals surface area contributed by atoms with E-state index in [4.69, 9.17) is 5.26 Å². The molecule has 1 aromatic carbocycles. The van der Waals surface area contributed by atoms with E-state index >= 15 is 0 Å². The topological polar surface area (TPSA) is 59.4 Å². The Kier molecular flexibility index (Phi) is 4.53. The molecule has 0 bridgehead atoms. The molecule has 1 fully saturated rings. The number of amides is 1. The summed E-state index contributed by atoms with van der Waals surface area (Å²) in [5, 5.41) is 11.0. The number of piperazine rings is 1. The van der Waals surface area contributed by atoms with Crippen molar-refractivity contribution in [3.05, 3.63) is 24.0 Å². The predicted octanol–water partition coefficient (Wildman–Crippen LogP) is 1.43. The van der Waals surface area contributed by atoms with Gasteiger partial charge in [0.25, 0.3) is 0 Å². The Morgan fingerprint density at radius 3 is 2.75 bits per heavy atom. The lowest BCUT2D eigenvalue weighted by atomic mass is 10.2. The second-order valence-electron chi connectivity index (χ2n) is 4.81. The molecule has 0 saturated carbocycles. The number of nitrogens with one attached hydrogen (secondary N) is 1. The Morgan fingerprint density at radius 2 is 2.10 bits per heavy atom. The van der Waals surface area contributed by atoms with Gasteiger partial charge in [-0.05, 0) is 19.2 Å². The standard InChI is InChI=1S/C14H17FN4O/c1-18-7-9-19(10-8-18)12-4-2-3-11(15)14(12)17-13(20)5-6-16/h2-4H,5,7-10H2,1H3,(H,17,20). The summed E-state index contributed by atoms with van der Waals surface area (Å²) in [5.74, 6) is -0.972. The highest BCUT2D eigenvalue weighted by atomic mass is 19.1. The summed E-state index contributed by atoms with van der Waals surface area (Å²) in [6, 6.07) is 6.48. The van der Waals surface area contributed by atoms with Crippen molar-refractivity contribution in [1.29, 1.82) is 5.26 Å². The van der Waals surface area contributed by atoms with Gasteiger partial charge in [0.1, 0.15) is 17.9 Å². The largest absolute Gasteiger partial charge is 0.367 e.